The number of nitrogens with one attached hydrogen (secondary N) is 1. The number of rotatable bonds is 7. The molecule has 144 valence electrons. The van der Waals surface area contributed by atoms with Crippen LogP contribution in [0.15, 0.2) is 30.3 Å². The van der Waals surface area contributed by atoms with E-state index in [2.05, 4.69) is 10.2 Å². The topological polar surface area (TPSA) is 65.1 Å². The number of benzene rings is 1. The minimum atomic E-state index is -0.0658. The van der Waals surface area contributed by atoms with Crippen LogP contribution in [-0.2, 0) is 9.53 Å². The molecule has 0 spiro atoms. The molecule has 1 saturated heterocycles. The van der Waals surface area contributed by atoms with Crippen molar-refractivity contribution in [2.75, 3.05) is 57.8 Å². The van der Waals surface area contributed by atoms with E-state index in [0.29, 0.717) is 45.9 Å². The standard InChI is InChI=1S/C19H30N4O3/c1-4-26-16(2)14-20-19(25)23-12-10-22(11-13-23)15-18(24)21(3)17-8-6-5-7-9-17/h5-9,16H,4,10-15H2,1-3H3,(H,20,25)/t16-/m0/s1. The number of amides is 3. The van der Waals surface area contributed by atoms with Crippen LogP contribution in [0, 0.1) is 0 Å². The van der Waals surface area contributed by atoms with Crippen LogP contribution in [0.25, 0.3) is 0 Å². The molecule has 0 unspecified atom stereocenters. The van der Waals surface area contributed by atoms with Gasteiger partial charge in [-0.3, -0.25) is 9.69 Å². The number of hydrogen-bond donors (Lipinski definition) is 1. The molecule has 0 radical (unpaired) electrons. The van der Waals surface area contributed by atoms with Crippen LogP contribution in [0.4, 0.5) is 10.5 Å². The highest BCUT2D eigenvalue weighted by Gasteiger charge is 2.23. The van der Waals surface area contributed by atoms with Gasteiger partial charge in [-0.2, -0.15) is 0 Å². The van der Waals surface area contributed by atoms with E-state index in [-0.39, 0.29) is 18.0 Å². The van der Waals surface area contributed by atoms with Crippen molar-refractivity contribution in [3.63, 3.8) is 0 Å². The quantitative estimate of drug-likeness (QED) is 0.796. The smallest absolute Gasteiger partial charge is 0.317 e. The Kier molecular flexibility index (Phi) is 7.87. The van der Waals surface area contributed by atoms with Gasteiger partial charge in [-0.1, -0.05) is 18.2 Å². The van der Waals surface area contributed by atoms with Gasteiger partial charge in [0.2, 0.25) is 5.91 Å². The lowest BCUT2D eigenvalue weighted by Gasteiger charge is -2.35. The van der Waals surface area contributed by atoms with Crippen LogP contribution in [0.3, 0.4) is 0 Å². The van der Waals surface area contributed by atoms with Gasteiger partial charge in [-0.15, -0.1) is 0 Å². The summed E-state index contributed by atoms with van der Waals surface area (Å²) in [5, 5.41) is 2.90. The molecule has 1 fully saturated rings. The molecule has 1 aliphatic heterocycles. The van der Waals surface area contributed by atoms with Crippen LogP contribution >= 0.6 is 0 Å². The zero-order chi connectivity index (χ0) is 18.9. The number of para-hydroxylation sites is 1. The van der Waals surface area contributed by atoms with Gasteiger partial charge in [0, 0.05) is 52.1 Å². The number of ether oxygens (including phenoxy) is 1. The third-order valence-electron chi connectivity index (χ3n) is 4.53. The second-order valence-corrected chi connectivity index (χ2v) is 6.50. The summed E-state index contributed by atoms with van der Waals surface area (Å²) >= 11 is 0. The van der Waals surface area contributed by atoms with Gasteiger partial charge < -0.3 is 19.9 Å². The van der Waals surface area contributed by atoms with Crippen LogP contribution in [0.2, 0.25) is 0 Å². The van der Waals surface area contributed by atoms with E-state index in [9.17, 15) is 9.59 Å². The number of carbonyl (C=O) groups excluding carboxylic acids is 2. The van der Waals surface area contributed by atoms with E-state index in [1.54, 1.807) is 16.8 Å². The molecule has 2 rings (SSSR count). The van der Waals surface area contributed by atoms with Crippen molar-refractivity contribution < 1.29 is 14.3 Å². The van der Waals surface area contributed by atoms with E-state index in [4.69, 9.17) is 4.74 Å². The van der Waals surface area contributed by atoms with E-state index in [0.717, 1.165) is 5.69 Å². The maximum absolute atomic E-state index is 12.4. The summed E-state index contributed by atoms with van der Waals surface area (Å²) in [6.07, 6.45) is 0.0105. The van der Waals surface area contributed by atoms with Crippen molar-refractivity contribution in [3.05, 3.63) is 30.3 Å². The van der Waals surface area contributed by atoms with Gasteiger partial charge in [-0.05, 0) is 26.0 Å². The van der Waals surface area contributed by atoms with Crippen molar-refractivity contribution in [3.8, 4) is 0 Å². The Morgan fingerprint density at radius 3 is 2.46 bits per heavy atom. The van der Waals surface area contributed by atoms with Crippen molar-refractivity contribution in [2.45, 2.75) is 20.0 Å². The van der Waals surface area contributed by atoms with Gasteiger partial charge >= 0.3 is 6.03 Å². The SMILES string of the molecule is CCO[C@@H](C)CNC(=O)N1CCN(CC(=O)N(C)c2ccccc2)CC1. The van der Waals surface area contributed by atoms with E-state index in [1.807, 2.05) is 44.2 Å². The summed E-state index contributed by atoms with van der Waals surface area (Å²) in [6.45, 7) is 8.03. The lowest BCUT2D eigenvalue weighted by Crippen LogP contribution is -2.54. The average Bonchev–Trinajstić information content (AvgIpc) is 2.67. The number of nitrogens with zero attached hydrogens (tertiary/aromatic N) is 3. The van der Waals surface area contributed by atoms with E-state index in [1.165, 1.54) is 0 Å². The van der Waals surface area contributed by atoms with Crippen LogP contribution in [0.1, 0.15) is 13.8 Å². The fraction of sp³-hybridized carbons (Fsp3) is 0.579. The fourth-order valence-corrected chi connectivity index (χ4v) is 2.89. The molecule has 26 heavy (non-hydrogen) atoms. The molecule has 7 heteroatoms. The summed E-state index contributed by atoms with van der Waals surface area (Å²) in [4.78, 5) is 30.2. The third-order valence-corrected chi connectivity index (χ3v) is 4.53. The Balaban J connectivity index is 1.72. The normalized spacial score (nSPS) is 16.2. The largest absolute Gasteiger partial charge is 0.377 e. The second-order valence-electron chi connectivity index (χ2n) is 6.50. The highest BCUT2D eigenvalue weighted by Crippen LogP contribution is 2.12. The predicted molar refractivity (Wildman–Crippen MR) is 102 cm³/mol. The first-order valence-corrected chi connectivity index (χ1v) is 9.19. The molecule has 1 aromatic carbocycles. The summed E-state index contributed by atoms with van der Waals surface area (Å²) in [7, 11) is 1.79. The van der Waals surface area contributed by atoms with Gasteiger partial charge in [0.15, 0.2) is 0 Å². The average molecular weight is 362 g/mol. The van der Waals surface area contributed by atoms with Crippen LogP contribution in [-0.4, -0.2) is 80.8 Å². The number of likely N-dealkylation sites (N-methyl/N-ethyl adjacent to an activating group) is 1. The predicted octanol–water partition coefficient (Wildman–Crippen LogP) is 1.40. The molecule has 1 heterocycles. The molecule has 0 aromatic heterocycles. The molecule has 0 saturated carbocycles. The molecular weight excluding hydrogens is 332 g/mol. The number of anilines is 1. The van der Waals surface area contributed by atoms with Crippen molar-refractivity contribution in [1.82, 2.24) is 15.1 Å². The third kappa shape index (κ3) is 6.00. The van der Waals surface area contributed by atoms with E-state index >= 15 is 0 Å². The molecule has 1 atom stereocenters. The summed E-state index contributed by atoms with van der Waals surface area (Å²) in [5.41, 5.74) is 0.888. The van der Waals surface area contributed by atoms with E-state index < -0.39 is 0 Å². The molecule has 3 amide bonds. The molecular formula is C19H30N4O3. The van der Waals surface area contributed by atoms with Gasteiger partial charge in [-0.25, -0.2) is 4.79 Å². The number of hydrogen-bond acceptors (Lipinski definition) is 4. The number of carbonyl (C=O) groups is 2. The zero-order valence-corrected chi connectivity index (χ0v) is 16.0. The Bertz CT molecular complexity index is 573. The molecule has 0 bridgehead atoms. The maximum Gasteiger partial charge on any atom is 0.317 e. The van der Waals surface area contributed by atoms with Crippen LogP contribution in [0.5, 0.6) is 0 Å². The lowest BCUT2D eigenvalue weighted by molar-refractivity contribution is -0.119. The van der Waals surface area contributed by atoms with Crippen molar-refractivity contribution in [1.29, 1.82) is 0 Å². The fourth-order valence-electron chi connectivity index (χ4n) is 2.89. The molecule has 1 aliphatic rings. The Hall–Kier alpha value is -2.12. The molecule has 0 aliphatic carbocycles. The summed E-state index contributed by atoms with van der Waals surface area (Å²) in [6, 6.07) is 9.55. The first kappa shape index (κ1) is 20.2. The molecule has 1 N–H and O–H groups in total. The first-order chi connectivity index (χ1) is 12.5. The Morgan fingerprint density at radius 2 is 1.85 bits per heavy atom. The maximum atomic E-state index is 12.4. The molecule has 7 nitrogen and oxygen atoms in total. The van der Waals surface area contributed by atoms with Gasteiger partial charge in [0.25, 0.3) is 0 Å². The summed E-state index contributed by atoms with van der Waals surface area (Å²) < 4.78 is 5.42. The highest BCUT2D eigenvalue weighted by atomic mass is 16.5. The summed E-state index contributed by atoms with van der Waals surface area (Å²) in [5.74, 6) is 0.0552. The minimum absolute atomic E-state index is 0.0105. The minimum Gasteiger partial charge on any atom is -0.377 e. The highest BCUT2D eigenvalue weighted by molar-refractivity contribution is 5.94. The molecule has 1 aromatic rings. The Morgan fingerprint density at radius 1 is 1.19 bits per heavy atom. The number of urea groups is 1. The van der Waals surface area contributed by atoms with Crippen molar-refractivity contribution >= 4 is 17.6 Å². The second kappa shape index (κ2) is 10.1. The van der Waals surface area contributed by atoms with Gasteiger partial charge in [0.1, 0.15) is 0 Å². The first-order valence-electron chi connectivity index (χ1n) is 9.19. The number of piperazine rings is 1. The van der Waals surface area contributed by atoms with Crippen molar-refractivity contribution in [2.24, 2.45) is 0 Å². The monoisotopic (exact) mass is 362 g/mol. The lowest BCUT2D eigenvalue weighted by atomic mass is 10.2. The Labute approximate surface area is 155 Å². The van der Waals surface area contributed by atoms with Crippen LogP contribution < -0.4 is 10.2 Å². The zero-order valence-electron chi connectivity index (χ0n) is 16.0. The van der Waals surface area contributed by atoms with Gasteiger partial charge in [0.05, 0.1) is 12.6 Å².